The first-order valence-corrected chi connectivity index (χ1v) is 7.48. The number of hydrogen-bond donors (Lipinski definition) is 2. The number of nitrogens with zero attached hydrogens (tertiary/aromatic N) is 1. The van der Waals surface area contributed by atoms with E-state index < -0.39 is 0 Å². The van der Waals surface area contributed by atoms with Gasteiger partial charge < -0.3 is 15.5 Å². The molecule has 0 unspecified atom stereocenters. The van der Waals surface area contributed by atoms with Gasteiger partial charge >= 0.3 is 6.03 Å². The topological polar surface area (TPSA) is 44.4 Å². The minimum atomic E-state index is -0.107. The van der Waals surface area contributed by atoms with Crippen molar-refractivity contribution in [2.75, 3.05) is 30.9 Å². The maximum atomic E-state index is 12.0. The Hall–Kier alpha value is -1.71. The van der Waals surface area contributed by atoms with Gasteiger partial charge in [0.1, 0.15) is 0 Å². The quantitative estimate of drug-likeness (QED) is 0.884. The number of hydrogen-bond acceptors (Lipinski definition) is 2. The molecule has 1 fully saturated rings. The van der Waals surface area contributed by atoms with Crippen LogP contribution in [0.3, 0.4) is 0 Å². The Balaban J connectivity index is 1.85. The van der Waals surface area contributed by atoms with E-state index in [1.807, 2.05) is 43.3 Å². The number of carbonyl (C=O) groups excluding carboxylic acids is 1. The molecule has 0 radical (unpaired) electrons. The van der Waals surface area contributed by atoms with Gasteiger partial charge in [0, 0.05) is 20.6 Å². The van der Waals surface area contributed by atoms with Crippen molar-refractivity contribution in [3.63, 3.8) is 0 Å². The maximum Gasteiger partial charge on any atom is 0.319 e. The Kier molecular flexibility index (Phi) is 5.27. The van der Waals surface area contributed by atoms with Crippen LogP contribution in [0.25, 0.3) is 0 Å². The molecular formula is C16H25N3O. The van der Waals surface area contributed by atoms with Crippen LogP contribution in [0, 0.1) is 5.92 Å². The van der Waals surface area contributed by atoms with Crippen LogP contribution < -0.4 is 15.5 Å². The Morgan fingerprint density at radius 3 is 2.60 bits per heavy atom. The van der Waals surface area contributed by atoms with Crippen molar-refractivity contribution >= 4 is 17.4 Å². The van der Waals surface area contributed by atoms with Gasteiger partial charge in [-0.25, -0.2) is 4.79 Å². The number of anilines is 2. The molecule has 1 aliphatic rings. The molecule has 2 N–H and O–H groups in total. The first-order valence-electron chi connectivity index (χ1n) is 7.48. The number of amides is 2. The molecule has 4 nitrogen and oxygen atoms in total. The van der Waals surface area contributed by atoms with E-state index in [1.54, 1.807) is 0 Å². The summed E-state index contributed by atoms with van der Waals surface area (Å²) >= 11 is 0. The van der Waals surface area contributed by atoms with Crippen LogP contribution in [0.1, 0.15) is 32.1 Å². The third-order valence-electron chi connectivity index (χ3n) is 3.91. The second-order valence-corrected chi connectivity index (χ2v) is 5.75. The van der Waals surface area contributed by atoms with Crippen LogP contribution in [0.5, 0.6) is 0 Å². The zero-order chi connectivity index (χ0) is 14.4. The van der Waals surface area contributed by atoms with E-state index in [-0.39, 0.29) is 6.03 Å². The Morgan fingerprint density at radius 1 is 1.20 bits per heavy atom. The van der Waals surface area contributed by atoms with Crippen LogP contribution >= 0.6 is 0 Å². The fourth-order valence-electron chi connectivity index (χ4n) is 2.76. The fourth-order valence-corrected chi connectivity index (χ4v) is 2.76. The van der Waals surface area contributed by atoms with Gasteiger partial charge in [-0.15, -0.1) is 0 Å². The molecular weight excluding hydrogens is 250 g/mol. The highest BCUT2D eigenvalue weighted by molar-refractivity contribution is 5.93. The fraction of sp³-hybridized carbons (Fsp3) is 0.562. The molecule has 20 heavy (non-hydrogen) atoms. The van der Waals surface area contributed by atoms with Crippen molar-refractivity contribution in [2.45, 2.75) is 32.1 Å². The predicted octanol–water partition coefficient (Wildman–Crippen LogP) is 3.45. The van der Waals surface area contributed by atoms with Crippen molar-refractivity contribution in [3.8, 4) is 0 Å². The normalized spacial score (nSPS) is 15.7. The molecule has 4 heteroatoms. The standard InChI is InChI=1S/C16H25N3O/c1-19(2)15-11-7-6-10-14(15)18-16(20)17-12-13-8-4-3-5-9-13/h6-7,10-11,13H,3-5,8-9,12H2,1-2H3,(H2,17,18,20). The van der Waals surface area contributed by atoms with Gasteiger partial charge in [0.2, 0.25) is 0 Å². The summed E-state index contributed by atoms with van der Waals surface area (Å²) in [5, 5.41) is 5.94. The van der Waals surface area contributed by atoms with Gasteiger partial charge in [-0.2, -0.15) is 0 Å². The lowest BCUT2D eigenvalue weighted by atomic mass is 9.89. The molecule has 0 aliphatic heterocycles. The predicted molar refractivity (Wildman–Crippen MR) is 84.4 cm³/mol. The van der Waals surface area contributed by atoms with Gasteiger partial charge in [0.15, 0.2) is 0 Å². The Bertz CT molecular complexity index is 439. The van der Waals surface area contributed by atoms with Gasteiger partial charge in [0.25, 0.3) is 0 Å². The van der Waals surface area contributed by atoms with E-state index in [4.69, 9.17) is 0 Å². The Labute approximate surface area is 121 Å². The number of benzene rings is 1. The summed E-state index contributed by atoms with van der Waals surface area (Å²) in [6.45, 7) is 0.788. The van der Waals surface area contributed by atoms with Gasteiger partial charge in [-0.05, 0) is 30.9 Å². The third-order valence-corrected chi connectivity index (χ3v) is 3.91. The number of urea groups is 1. The van der Waals surface area contributed by atoms with Crippen LogP contribution in [0.4, 0.5) is 16.2 Å². The largest absolute Gasteiger partial charge is 0.376 e. The number of nitrogens with one attached hydrogen (secondary N) is 2. The van der Waals surface area contributed by atoms with E-state index >= 15 is 0 Å². The molecule has 1 aromatic rings. The molecule has 1 aliphatic carbocycles. The third kappa shape index (κ3) is 4.15. The zero-order valence-electron chi connectivity index (χ0n) is 12.5. The van der Waals surface area contributed by atoms with Crippen LogP contribution in [-0.4, -0.2) is 26.7 Å². The van der Waals surface area contributed by atoms with E-state index in [9.17, 15) is 4.79 Å². The smallest absolute Gasteiger partial charge is 0.319 e. The summed E-state index contributed by atoms with van der Waals surface area (Å²) in [6.07, 6.45) is 6.44. The minimum absolute atomic E-state index is 0.107. The second-order valence-electron chi connectivity index (χ2n) is 5.75. The summed E-state index contributed by atoms with van der Waals surface area (Å²) in [6, 6.07) is 7.72. The second kappa shape index (κ2) is 7.17. The molecule has 110 valence electrons. The summed E-state index contributed by atoms with van der Waals surface area (Å²) in [5.74, 6) is 0.651. The van der Waals surface area contributed by atoms with E-state index in [2.05, 4.69) is 10.6 Å². The van der Waals surface area contributed by atoms with Gasteiger partial charge in [0.05, 0.1) is 11.4 Å². The Morgan fingerprint density at radius 2 is 1.90 bits per heavy atom. The molecule has 1 saturated carbocycles. The molecule has 2 rings (SSSR count). The molecule has 0 spiro atoms. The lowest BCUT2D eigenvalue weighted by Gasteiger charge is -2.22. The highest BCUT2D eigenvalue weighted by Crippen LogP contribution is 2.24. The average molecular weight is 275 g/mol. The lowest BCUT2D eigenvalue weighted by Crippen LogP contribution is -2.34. The zero-order valence-corrected chi connectivity index (χ0v) is 12.5. The number of rotatable bonds is 4. The molecule has 1 aromatic carbocycles. The van der Waals surface area contributed by atoms with Crippen molar-refractivity contribution in [2.24, 2.45) is 5.92 Å². The highest BCUT2D eigenvalue weighted by Gasteiger charge is 2.14. The van der Waals surface area contributed by atoms with Crippen molar-refractivity contribution < 1.29 is 4.79 Å². The molecule has 0 atom stereocenters. The van der Waals surface area contributed by atoms with Crippen LogP contribution in [-0.2, 0) is 0 Å². The summed E-state index contributed by atoms with van der Waals surface area (Å²) in [7, 11) is 3.95. The highest BCUT2D eigenvalue weighted by atomic mass is 16.2. The monoisotopic (exact) mass is 275 g/mol. The molecule has 2 amide bonds. The molecule has 0 heterocycles. The van der Waals surface area contributed by atoms with E-state index in [1.165, 1.54) is 32.1 Å². The van der Waals surface area contributed by atoms with Crippen LogP contribution in [0.15, 0.2) is 24.3 Å². The molecule has 0 bridgehead atoms. The van der Waals surface area contributed by atoms with Gasteiger partial charge in [-0.3, -0.25) is 0 Å². The van der Waals surface area contributed by atoms with Crippen molar-refractivity contribution in [1.29, 1.82) is 0 Å². The summed E-state index contributed by atoms with van der Waals surface area (Å²) in [5.41, 5.74) is 1.86. The van der Waals surface area contributed by atoms with Crippen molar-refractivity contribution in [3.05, 3.63) is 24.3 Å². The number of para-hydroxylation sites is 2. The van der Waals surface area contributed by atoms with E-state index in [0.29, 0.717) is 5.92 Å². The first kappa shape index (κ1) is 14.7. The summed E-state index contributed by atoms with van der Waals surface area (Å²) < 4.78 is 0. The SMILES string of the molecule is CN(C)c1ccccc1NC(=O)NCC1CCCCC1. The minimum Gasteiger partial charge on any atom is -0.376 e. The molecule has 0 aromatic heterocycles. The summed E-state index contributed by atoms with van der Waals surface area (Å²) in [4.78, 5) is 14.0. The van der Waals surface area contributed by atoms with Gasteiger partial charge in [-0.1, -0.05) is 31.4 Å². The van der Waals surface area contributed by atoms with Crippen molar-refractivity contribution in [1.82, 2.24) is 5.32 Å². The van der Waals surface area contributed by atoms with E-state index in [0.717, 1.165) is 17.9 Å². The molecule has 0 saturated heterocycles. The maximum absolute atomic E-state index is 12.0. The van der Waals surface area contributed by atoms with Crippen LogP contribution in [0.2, 0.25) is 0 Å². The lowest BCUT2D eigenvalue weighted by molar-refractivity contribution is 0.247. The first-order chi connectivity index (χ1) is 9.66. The average Bonchev–Trinajstić information content (AvgIpc) is 2.46. The number of carbonyl (C=O) groups is 1.